The number of thiocarbonyl (C=S) groups is 1. The number of fused-ring (bicyclic) bond motifs is 1. The molecule has 1 aliphatic rings. The van der Waals surface area contributed by atoms with Crippen LogP contribution in [0.25, 0.3) is 0 Å². The molecule has 1 unspecified atom stereocenters. The average molecular weight is 356 g/mol. The van der Waals surface area contributed by atoms with Crippen LogP contribution in [0, 0.1) is 6.92 Å². The third kappa shape index (κ3) is 4.23. The highest BCUT2D eigenvalue weighted by Crippen LogP contribution is 2.39. The second kappa shape index (κ2) is 6.92. The van der Waals surface area contributed by atoms with E-state index in [2.05, 4.69) is 43.5 Å². The fourth-order valence-corrected chi connectivity index (χ4v) is 3.39. The van der Waals surface area contributed by atoms with Crippen LogP contribution < -0.4 is 20.1 Å². The van der Waals surface area contributed by atoms with Crippen molar-refractivity contribution in [1.82, 2.24) is 5.32 Å². The molecule has 0 aromatic heterocycles. The molecule has 0 spiro atoms. The van der Waals surface area contributed by atoms with Crippen molar-refractivity contribution < 1.29 is 9.47 Å². The van der Waals surface area contributed by atoms with Gasteiger partial charge in [0.25, 0.3) is 0 Å². The average Bonchev–Trinajstić information content (AvgIpc) is 2.55. The van der Waals surface area contributed by atoms with Crippen molar-refractivity contribution >= 4 is 23.0 Å². The van der Waals surface area contributed by atoms with Gasteiger partial charge in [0.05, 0.1) is 13.2 Å². The largest absolute Gasteiger partial charge is 0.497 e. The van der Waals surface area contributed by atoms with E-state index in [1.54, 1.807) is 7.11 Å². The van der Waals surface area contributed by atoms with Gasteiger partial charge in [0.15, 0.2) is 5.11 Å². The smallest absolute Gasteiger partial charge is 0.171 e. The summed E-state index contributed by atoms with van der Waals surface area (Å²) in [6.07, 6.45) is 0.837. The van der Waals surface area contributed by atoms with E-state index in [-0.39, 0.29) is 11.6 Å². The number of hydrogen-bond acceptors (Lipinski definition) is 3. The molecule has 1 aliphatic heterocycles. The van der Waals surface area contributed by atoms with Crippen LogP contribution in [0.4, 0.5) is 5.69 Å². The van der Waals surface area contributed by atoms with E-state index >= 15 is 0 Å². The van der Waals surface area contributed by atoms with Gasteiger partial charge >= 0.3 is 0 Å². The lowest BCUT2D eigenvalue weighted by Crippen LogP contribution is -2.42. The third-order valence-corrected chi connectivity index (χ3v) is 4.48. The van der Waals surface area contributed by atoms with E-state index < -0.39 is 0 Å². The minimum Gasteiger partial charge on any atom is -0.497 e. The molecule has 0 amide bonds. The molecular weight excluding hydrogens is 332 g/mol. The van der Waals surface area contributed by atoms with E-state index in [4.69, 9.17) is 21.7 Å². The molecule has 2 aromatic rings. The van der Waals surface area contributed by atoms with Crippen LogP contribution in [0.2, 0.25) is 0 Å². The van der Waals surface area contributed by atoms with Crippen LogP contribution in [0.5, 0.6) is 11.5 Å². The Morgan fingerprint density at radius 3 is 2.80 bits per heavy atom. The number of aryl methyl sites for hydroxylation is 1. The van der Waals surface area contributed by atoms with E-state index in [1.807, 2.05) is 30.3 Å². The van der Waals surface area contributed by atoms with Gasteiger partial charge in [0, 0.05) is 23.7 Å². The lowest BCUT2D eigenvalue weighted by molar-refractivity contribution is 0.0696. The number of nitrogens with one attached hydrogen (secondary N) is 2. The van der Waals surface area contributed by atoms with Gasteiger partial charge in [-0.05, 0) is 51.2 Å². The van der Waals surface area contributed by atoms with Crippen molar-refractivity contribution in [2.75, 3.05) is 12.4 Å². The van der Waals surface area contributed by atoms with Gasteiger partial charge in [0.1, 0.15) is 17.1 Å². The Morgan fingerprint density at radius 2 is 2.04 bits per heavy atom. The predicted molar refractivity (Wildman–Crippen MR) is 106 cm³/mol. The molecule has 0 bridgehead atoms. The highest BCUT2D eigenvalue weighted by Gasteiger charge is 2.34. The Bertz CT molecular complexity index is 789. The molecule has 1 atom stereocenters. The first kappa shape index (κ1) is 17.5. The molecular formula is C20H24N2O2S. The molecule has 132 valence electrons. The van der Waals surface area contributed by atoms with Crippen molar-refractivity contribution in [3.8, 4) is 11.5 Å². The molecule has 3 rings (SSSR count). The first-order valence-corrected chi connectivity index (χ1v) is 8.78. The molecule has 1 heterocycles. The molecule has 2 aromatic carbocycles. The summed E-state index contributed by atoms with van der Waals surface area (Å²) < 4.78 is 11.4. The Kier molecular flexibility index (Phi) is 4.86. The highest BCUT2D eigenvalue weighted by molar-refractivity contribution is 7.80. The van der Waals surface area contributed by atoms with E-state index in [9.17, 15) is 0 Å². The van der Waals surface area contributed by atoms with Crippen LogP contribution in [0.3, 0.4) is 0 Å². The van der Waals surface area contributed by atoms with E-state index in [0.29, 0.717) is 5.11 Å². The molecule has 2 N–H and O–H groups in total. The maximum atomic E-state index is 6.11. The monoisotopic (exact) mass is 356 g/mol. The van der Waals surface area contributed by atoms with Crippen molar-refractivity contribution in [3.63, 3.8) is 0 Å². The Balaban J connectivity index is 1.77. The second-order valence-electron chi connectivity index (χ2n) is 6.99. The first-order chi connectivity index (χ1) is 11.9. The lowest BCUT2D eigenvalue weighted by Gasteiger charge is -2.38. The molecule has 0 radical (unpaired) electrons. The number of ether oxygens (including phenoxy) is 2. The number of benzene rings is 2. The van der Waals surface area contributed by atoms with Crippen molar-refractivity contribution in [1.29, 1.82) is 0 Å². The van der Waals surface area contributed by atoms with Gasteiger partial charge in [-0.25, -0.2) is 0 Å². The molecule has 4 nitrogen and oxygen atoms in total. The topological polar surface area (TPSA) is 42.5 Å². The number of anilines is 1. The maximum Gasteiger partial charge on any atom is 0.171 e. The normalized spacial score (nSPS) is 17.8. The van der Waals surface area contributed by atoms with Gasteiger partial charge < -0.3 is 20.1 Å². The fourth-order valence-electron chi connectivity index (χ4n) is 3.13. The summed E-state index contributed by atoms with van der Waals surface area (Å²) in [5.41, 5.74) is 3.01. The van der Waals surface area contributed by atoms with Crippen LogP contribution in [-0.2, 0) is 0 Å². The van der Waals surface area contributed by atoms with E-state index in [1.165, 1.54) is 5.56 Å². The zero-order valence-electron chi connectivity index (χ0n) is 15.1. The van der Waals surface area contributed by atoms with Crippen LogP contribution >= 0.6 is 12.2 Å². The molecule has 25 heavy (non-hydrogen) atoms. The number of hydrogen-bond donors (Lipinski definition) is 2. The first-order valence-electron chi connectivity index (χ1n) is 8.37. The molecule has 0 saturated carbocycles. The van der Waals surface area contributed by atoms with Crippen LogP contribution in [-0.4, -0.2) is 17.8 Å². The maximum absolute atomic E-state index is 6.11. The second-order valence-corrected chi connectivity index (χ2v) is 7.40. The third-order valence-electron chi connectivity index (χ3n) is 4.26. The van der Waals surface area contributed by atoms with Crippen molar-refractivity contribution in [3.05, 3.63) is 53.6 Å². The van der Waals surface area contributed by atoms with Gasteiger partial charge in [-0.15, -0.1) is 0 Å². The Labute approximate surface area is 154 Å². The summed E-state index contributed by atoms with van der Waals surface area (Å²) >= 11 is 5.53. The van der Waals surface area contributed by atoms with Crippen molar-refractivity contribution in [2.45, 2.75) is 38.8 Å². The quantitative estimate of drug-likeness (QED) is 0.787. The standard InChI is InChI=1S/C20H24N2O2S/c1-13-8-9-18-16(10-13)17(12-20(2,3)24-18)22-19(25)21-14-6-5-7-15(11-14)23-4/h5-11,17H,12H2,1-4H3,(H2,21,22,25). The lowest BCUT2D eigenvalue weighted by atomic mass is 9.89. The fraction of sp³-hybridized carbons (Fsp3) is 0.350. The Morgan fingerprint density at radius 1 is 1.24 bits per heavy atom. The van der Waals surface area contributed by atoms with Gasteiger partial charge in [-0.2, -0.15) is 0 Å². The summed E-state index contributed by atoms with van der Waals surface area (Å²) in [7, 11) is 1.65. The predicted octanol–water partition coefficient (Wildman–Crippen LogP) is 4.59. The number of methoxy groups -OCH3 is 1. The molecule has 0 saturated heterocycles. The minimum absolute atomic E-state index is 0.101. The summed E-state index contributed by atoms with van der Waals surface area (Å²) in [6, 6.07) is 14.1. The number of rotatable bonds is 3. The zero-order valence-corrected chi connectivity index (χ0v) is 15.9. The SMILES string of the molecule is COc1cccc(NC(=S)NC2CC(C)(C)Oc3ccc(C)cc32)c1. The molecule has 0 fully saturated rings. The minimum atomic E-state index is -0.245. The van der Waals surface area contributed by atoms with Crippen LogP contribution in [0.15, 0.2) is 42.5 Å². The molecule has 5 heteroatoms. The zero-order chi connectivity index (χ0) is 18.0. The van der Waals surface area contributed by atoms with Gasteiger partial charge in [0.2, 0.25) is 0 Å². The Hall–Kier alpha value is -2.27. The van der Waals surface area contributed by atoms with Gasteiger partial charge in [-0.1, -0.05) is 23.8 Å². The van der Waals surface area contributed by atoms with Crippen LogP contribution in [0.1, 0.15) is 37.4 Å². The summed E-state index contributed by atoms with van der Waals surface area (Å²) in [5.74, 6) is 1.71. The molecule has 0 aliphatic carbocycles. The van der Waals surface area contributed by atoms with E-state index in [0.717, 1.165) is 29.2 Å². The highest BCUT2D eigenvalue weighted by atomic mass is 32.1. The summed E-state index contributed by atoms with van der Waals surface area (Å²) in [5, 5.41) is 7.27. The summed E-state index contributed by atoms with van der Waals surface area (Å²) in [4.78, 5) is 0. The summed E-state index contributed by atoms with van der Waals surface area (Å²) in [6.45, 7) is 6.29. The van der Waals surface area contributed by atoms with Gasteiger partial charge in [-0.3, -0.25) is 0 Å². The van der Waals surface area contributed by atoms with Crippen molar-refractivity contribution in [2.24, 2.45) is 0 Å².